The second kappa shape index (κ2) is 5.85. The van der Waals surface area contributed by atoms with Crippen LogP contribution in [0.2, 0.25) is 0 Å². The molecule has 1 fully saturated rings. The highest BCUT2D eigenvalue weighted by atomic mass is 16.2. The Bertz CT molecular complexity index is 255. The molecule has 1 amide bonds. The molecule has 0 aromatic rings. The number of hydrogen-bond acceptors (Lipinski definition) is 2. The van der Waals surface area contributed by atoms with E-state index in [-0.39, 0.29) is 5.41 Å². The number of nitrogens with zero attached hydrogens (tertiary/aromatic N) is 1. The summed E-state index contributed by atoms with van der Waals surface area (Å²) in [6, 6.07) is 0.302. The Morgan fingerprint density at radius 1 is 1.24 bits per heavy atom. The lowest BCUT2D eigenvalue weighted by Gasteiger charge is -2.40. The molecule has 1 N–H and O–H groups in total. The molecular weight excluding hydrogens is 212 g/mol. The minimum absolute atomic E-state index is 0.148. The lowest BCUT2D eigenvalue weighted by Crippen LogP contribution is -2.50. The second-order valence-electron chi connectivity index (χ2n) is 6.26. The van der Waals surface area contributed by atoms with Crippen molar-refractivity contribution in [2.45, 2.75) is 53.5 Å². The van der Waals surface area contributed by atoms with Crippen LogP contribution in [-0.2, 0) is 4.79 Å². The van der Waals surface area contributed by atoms with Crippen LogP contribution in [0.25, 0.3) is 0 Å². The molecule has 0 atom stereocenters. The molecule has 3 nitrogen and oxygen atoms in total. The van der Waals surface area contributed by atoms with Gasteiger partial charge in [0.1, 0.15) is 0 Å². The summed E-state index contributed by atoms with van der Waals surface area (Å²) < 4.78 is 0. The first-order chi connectivity index (χ1) is 7.87. The highest BCUT2D eigenvalue weighted by molar-refractivity contribution is 5.82. The van der Waals surface area contributed by atoms with Gasteiger partial charge in [0.05, 0.1) is 0 Å². The first-order valence-corrected chi connectivity index (χ1v) is 6.88. The van der Waals surface area contributed by atoms with Crippen LogP contribution in [0, 0.1) is 11.3 Å². The van der Waals surface area contributed by atoms with Crippen molar-refractivity contribution in [3.8, 4) is 0 Å². The summed E-state index contributed by atoms with van der Waals surface area (Å²) in [5.74, 6) is 0.884. The summed E-state index contributed by atoms with van der Waals surface area (Å²) in [5, 5.41) is 3.33. The lowest BCUT2D eigenvalue weighted by atomic mass is 9.79. The fourth-order valence-corrected chi connectivity index (χ4v) is 2.46. The first-order valence-electron chi connectivity index (χ1n) is 6.88. The van der Waals surface area contributed by atoms with Crippen LogP contribution in [-0.4, -0.2) is 36.5 Å². The largest absolute Gasteiger partial charge is 0.340 e. The topological polar surface area (TPSA) is 32.3 Å². The molecule has 0 unspecified atom stereocenters. The number of rotatable bonds is 4. The van der Waals surface area contributed by atoms with Crippen LogP contribution in [0.4, 0.5) is 0 Å². The number of nitrogens with one attached hydrogen (secondary N) is 1. The smallest absolute Gasteiger partial charge is 0.228 e. The van der Waals surface area contributed by atoms with Gasteiger partial charge in [-0.05, 0) is 45.7 Å². The molecule has 0 saturated carbocycles. The number of piperidine rings is 1. The second-order valence-corrected chi connectivity index (χ2v) is 6.26. The zero-order valence-electron chi connectivity index (χ0n) is 12.0. The summed E-state index contributed by atoms with van der Waals surface area (Å²) in [5.41, 5.74) is -0.148. The number of amides is 1. The minimum atomic E-state index is -0.148. The van der Waals surface area contributed by atoms with Crippen molar-refractivity contribution in [1.82, 2.24) is 10.2 Å². The molecule has 0 aromatic carbocycles. The third-order valence-electron chi connectivity index (χ3n) is 3.67. The average Bonchev–Trinajstić information content (AvgIpc) is 2.25. The van der Waals surface area contributed by atoms with Crippen molar-refractivity contribution in [1.29, 1.82) is 0 Å². The number of hydrogen-bond donors (Lipinski definition) is 1. The summed E-state index contributed by atoms with van der Waals surface area (Å²) in [6.45, 7) is 13.5. The van der Waals surface area contributed by atoms with Gasteiger partial charge < -0.3 is 10.2 Å². The quantitative estimate of drug-likeness (QED) is 0.817. The van der Waals surface area contributed by atoms with Crippen LogP contribution in [0.15, 0.2) is 0 Å². The van der Waals surface area contributed by atoms with E-state index in [9.17, 15) is 4.79 Å². The van der Waals surface area contributed by atoms with E-state index in [4.69, 9.17) is 0 Å². The fourth-order valence-electron chi connectivity index (χ4n) is 2.46. The highest BCUT2D eigenvalue weighted by Crippen LogP contribution is 2.31. The molecule has 1 rings (SSSR count). The van der Waals surface area contributed by atoms with Gasteiger partial charge in [0, 0.05) is 18.0 Å². The Hall–Kier alpha value is -0.570. The van der Waals surface area contributed by atoms with Crippen LogP contribution in [0.1, 0.15) is 47.5 Å². The molecule has 17 heavy (non-hydrogen) atoms. The van der Waals surface area contributed by atoms with Gasteiger partial charge >= 0.3 is 0 Å². The Labute approximate surface area is 106 Å². The molecule has 0 aliphatic carbocycles. The fraction of sp³-hybridized carbons (Fsp3) is 0.929. The van der Waals surface area contributed by atoms with E-state index in [0.29, 0.717) is 17.9 Å². The van der Waals surface area contributed by atoms with Gasteiger partial charge in [0.2, 0.25) is 5.91 Å². The van der Waals surface area contributed by atoms with E-state index in [1.807, 2.05) is 0 Å². The van der Waals surface area contributed by atoms with Gasteiger partial charge in [-0.3, -0.25) is 4.79 Å². The Kier molecular flexibility index (Phi) is 4.99. The predicted octanol–water partition coefficient (Wildman–Crippen LogP) is 2.27. The van der Waals surface area contributed by atoms with E-state index in [2.05, 4.69) is 44.8 Å². The van der Waals surface area contributed by atoms with Crippen LogP contribution in [0.5, 0.6) is 0 Å². The summed E-state index contributed by atoms with van der Waals surface area (Å²) in [6.07, 6.45) is 1.93. The number of carbonyl (C=O) groups is 1. The van der Waals surface area contributed by atoms with Gasteiger partial charge in [-0.1, -0.05) is 20.8 Å². The van der Waals surface area contributed by atoms with Gasteiger partial charge in [-0.25, -0.2) is 0 Å². The van der Waals surface area contributed by atoms with Crippen LogP contribution < -0.4 is 5.32 Å². The SMILES string of the molecule is CC(C)CN(C(=O)C1(C)CCNCC1)C(C)C. The number of carbonyl (C=O) groups excluding carboxylic acids is 1. The first kappa shape index (κ1) is 14.5. The minimum Gasteiger partial charge on any atom is -0.340 e. The van der Waals surface area contributed by atoms with Crippen LogP contribution >= 0.6 is 0 Å². The van der Waals surface area contributed by atoms with Crippen molar-refractivity contribution in [2.24, 2.45) is 11.3 Å². The van der Waals surface area contributed by atoms with E-state index in [1.54, 1.807) is 0 Å². The van der Waals surface area contributed by atoms with Crippen molar-refractivity contribution in [3.63, 3.8) is 0 Å². The maximum absolute atomic E-state index is 12.7. The van der Waals surface area contributed by atoms with Gasteiger partial charge in [0.15, 0.2) is 0 Å². The van der Waals surface area contributed by atoms with E-state index >= 15 is 0 Å². The van der Waals surface area contributed by atoms with Crippen LogP contribution in [0.3, 0.4) is 0 Å². The molecule has 0 aromatic heterocycles. The molecule has 3 heteroatoms. The molecule has 0 spiro atoms. The zero-order chi connectivity index (χ0) is 13.1. The molecular formula is C14H28N2O. The molecule has 1 saturated heterocycles. The van der Waals surface area contributed by atoms with E-state index in [1.165, 1.54) is 0 Å². The Morgan fingerprint density at radius 2 is 1.76 bits per heavy atom. The molecule has 0 bridgehead atoms. The maximum atomic E-state index is 12.7. The summed E-state index contributed by atoms with van der Waals surface area (Å²) >= 11 is 0. The van der Waals surface area contributed by atoms with Crippen molar-refractivity contribution >= 4 is 5.91 Å². The lowest BCUT2D eigenvalue weighted by molar-refractivity contribution is -0.145. The van der Waals surface area contributed by atoms with E-state index < -0.39 is 0 Å². The van der Waals surface area contributed by atoms with Crippen molar-refractivity contribution < 1.29 is 4.79 Å². The normalized spacial score (nSPS) is 19.7. The standard InChI is InChI=1S/C14H28N2O/c1-11(2)10-16(12(3)4)13(17)14(5)6-8-15-9-7-14/h11-12,15H,6-10H2,1-5H3. The van der Waals surface area contributed by atoms with E-state index in [0.717, 1.165) is 32.5 Å². The predicted molar refractivity (Wildman–Crippen MR) is 71.9 cm³/mol. The maximum Gasteiger partial charge on any atom is 0.228 e. The zero-order valence-corrected chi connectivity index (χ0v) is 12.0. The van der Waals surface area contributed by atoms with Gasteiger partial charge in [0.25, 0.3) is 0 Å². The third-order valence-corrected chi connectivity index (χ3v) is 3.67. The third kappa shape index (κ3) is 3.70. The van der Waals surface area contributed by atoms with Crippen molar-refractivity contribution in [3.05, 3.63) is 0 Å². The summed E-state index contributed by atoms with van der Waals surface area (Å²) in [4.78, 5) is 14.8. The van der Waals surface area contributed by atoms with Gasteiger partial charge in [-0.15, -0.1) is 0 Å². The van der Waals surface area contributed by atoms with Gasteiger partial charge in [-0.2, -0.15) is 0 Å². The van der Waals surface area contributed by atoms with Crippen molar-refractivity contribution in [2.75, 3.05) is 19.6 Å². The highest BCUT2D eigenvalue weighted by Gasteiger charge is 2.38. The Balaban J connectivity index is 2.75. The molecule has 0 radical (unpaired) electrons. The molecule has 100 valence electrons. The summed E-state index contributed by atoms with van der Waals surface area (Å²) in [7, 11) is 0. The monoisotopic (exact) mass is 240 g/mol. The molecule has 1 aliphatic heterocycles. The molecule has 1 heterocycles. The molecule has 1 aliphatic rings. The average molecular weight is 240 g/mol. The Morgan fingerprint density at radius 3 is 2.18 bits per heavy atom.